The van der Waals surface area contributed by atoms with E-state index in [0.29, 0.717) is 5.56 Å². The van der Waals surface area contributed by atoms with Crippen LogP contribution in [0.4, 0.5) is 0 Å². The second kappa shape index (κ2) is 6.32. The van der Waals surface area contributed by atoms with E-state index in [0.717, 1.165) is 16.6 Å². The van der Waals surface area contributed by atoms with Gasteiger partial charge < -0.3 is 0 Å². The Morgan fingerprint density at radius 1 is 1.32 bits per heavy atom. The minimum absolute atomic E-state index is 0.114. The maximum absolute atomic E-state index is 12.3. The molecule has 3 aromatic rings. The van der Waals surface area contributed by atoms with Crippen molar-refractivity contribution in [1.29, 1.82) is 0 Å². The summed E-state index contributed by atoms with van der Waals surface area (Å²) in [5.41, 5.74) is 2.15. The van der Waals surface area contributed by atoms with E-state index in [1.165, 1.54) is 0 Å². The van der Waals surface area contributed by atoms with Crippen LogP contribution in [0.2, 0.25) is 0 Å². The molecule has 0 fully saturated rings. The van der Waals surface area contributed by atoms with Crippen molar-refractivity contribution in [2.24, 2.45) is 7.05 Å². The van der Waals surface area contributed by atoms with E-state index in [1.54, 1.807) is 47.6 Å². The first-order valence-corrected chi connectivity index (χ1v) is 9.37. The lowest BCUT2D eigenvalue weighted by molar-refractivity contribution is -0.119. The second-order valence-electron chi connectivity index (χ2n) is 5.83. The maximum Gasteiger partial charge on any atom is 0.241 e. The van der Waals surface area contributed by atoms with Gasteiger partial charge in [-0.25, -0.2) is 13.1 Å². The van der Waals surface area contributed by atoms with Gasteiger partial charge in [-0.15, -0.1) is 0 Å². The zero-order valence-electron chi connectivity index (χ0n) is 14.2. The number of hydrogen-bond acceptors (Lipinski definition) is 5. The van der Waals surface area contributed by atoms with E-state index in [4.69, 9.17) is 0 Å². The van der Waals surface area contributed by atoms with Crippen LogP contribution in [0.5, 0.6) is 0 Å². The summed E-state index contributed by atoms with van der Waals surface area (Å²) in [5, 5.41) is 8.54. The van der Waals surface area contributed by atoms with Crippen molar-refractivity contribution >= 4 is 26.8 Å². The fourth-order valence-electron chi connectivity index (χ4n) is 2.45. The molecule has 1 N–H and O–H groups in total. The Bertz CT molecular complexity index is 1040. The van der Waals surface area contributed by atoms with Crippen LogP contribution in [0.3, 0.4) is 0 Å². The molecule has 2 aromatic heterocycles. The lowest BCUT2D eigenvalue weighted by Crippen LogP contribution is -2.32. The molecular formula is C16H19N5O3S. The average Bonchev–Trinajstić information content (AvgIpc) is 3.18. The van der Waals surface area contributed by atoms with Gasteiger partial charge in [-0.05, 0) is 24.6 Å². The molecule has 0 spiro atoms. The van der Waals surface area contributed by atoms with Crippen LogP contribution < -0.4 is 4.72 Å². The fourth-order valence-corrected chi connectivity index (χ4v) is 3.60. The van der Waals surface area contributed by atoms with E-state index in [1.807, 2.05) is 19.4 Å². The Hall–Kier alpha value is -2.68. The van der Waals surface area contributed by atoms with Crippen molar-refractivity contribution in [2.45, 2.75) is 25.5 Å². The number of rotatable bonds is 5. The lowest BCUT2D eigenvalue weighted by Gasteiger charge is -2.13. The summed E-state index contributed by atoms with van der Waals surface area (Å²) in [5.74, 6) is -0.516. The van der Waals surface area contributed by atoms with Gasteiger partial charge in [-0.1, -0.05) is 13.0 Å². The van der Waals surface area contributed by atoms with Crippen LogP contribution in [0, 0.1) is 0 Å². The normalized spacial score (nSPS) is 13.1. The molecule has 8 nitrogen and oxygen atoms in total. The van der Waals surface area contributed by atoms with E-state index >= 15 is 0 Å². The first-order valence-electron chi connectivity index (χ1n) is 7.83. The number of nitrogens with zero attached hydrogens (tertiary/aromatic N) is 4. The first-order chi connectivity index (χ1) is 11.8. The predicted molar refractivity (Wildman–Crippen MR) is 93.6 cm³/mol. The Morgan fingerprint density at radius 3 is 2.72 bits per heavy atom. The largest absolute Gasteiger partial charge is 0.274 e. The molecule has 25 heavy (non-hydrogen) atoms. The standard InChI is InChI=1S/C16H19N5O3S/c1-4-16(22)19-25(23,24)11(2)12-5-6-15-13(7-12)9-21(18-15)14-8-17-20(3)10-14/h5-11H,4H2,1-3H3,(H,19,22). The number of sulfonamides is 1. The summed E-state index contributed by atoms with van der Waals surface area (Å²) >= 11 is 0. The summed E-state index contributed by atoms with van der Waals surface area (Å²) < 4.78 is 30.1. The number of nitrogens with one attached hydrogen (secondary N) is 1. The van der Waals surface area contributed by atoms with Gasteiger partial charge in [0.25, 0.3) is 0 Å². The number of benzene rings is 1. The minimum Gasteiger partial charge on any atom is -0.274 e. The lowest BCUT2D eigenvalue weighted by atomic mass is 10.1. The third-order valence-electron chi connectivity index (χ3n) is 4.00. The number of carbonyl (C=O) groups excluding carboxylic acids is 1. The molecular weight excluding hydrogens is 342 g/mol. The van der Waals surface area contributed by atoms with E-state index in [9.17, 15) is 13.2 Å². The van der Waals surface area contributed by atoms with Crippen molar-refractivity contribution in [1.82, 2.24) is 24.3 Å². The van der Waals surface area contributed by atoms with Crippen molar-refractivity contribution in [3.8, 4) is 5.69 Å². The molecule has 2 heterocycles. The molecule has 3 rings (SSSR count). The third-order valence-corrected chi connectivity index (χ3v) is 5.71. The summed E-state index contributed by atoms with van der Waals surface area (Å²) in [7, 11) is -1.95. The summed E-state index contributed by atoms with van der Waals surface area (Å²) in [6.07, 6.45) is 5.46. The number of fused-ring (bicyclic) bond motifs is 1. The number of amides is 1. The quantitative estimate of drug-likeness (QED) is 0.745. The number of aryl methyl sites for hydroxylation is 1. The molecule has 1 aromatic carbocycles. The first kappa shape index (κ1) is 17.2. The molecule has 132 valence electrons. The summed E-state index contributed by atoms with van der Waals surface area (Å²) in [6.45, 7) is 3.16. The maximum atomic E-state index is 12.3. The van der Waals surface area contributed by atoms with Crippen LogP contribution >= 0.6 is 0 Å². The summed E-state index contributed by atoms with van der Waals surface area (Å²) in [6, 6.07) is 5.25. The Kier molecular flexibility index (Phi) is 4.34. The zero-order valence-corrected chi connectivity index (χ0v) is 15.0. The van der Waals surface area contributed by atoms with Gasteiger partial charge in [-0.2, -0.15) is 10.2 Å². The van der Waals surface area contributed by atoms with Gasteiger partial charge in [0.05, 0.1) is 17.9 Å². The molecule has 0 radical (unpaired) electrons. The van der Waals surface area contributed by atoms with Crippen molar-refractivity contribution < 1.29 is 13.2 Å². The van der Waals surface area contributed by atoms with E-state index in [-0.39, 0.29) is 6.42 Å². The number of hydrogen-bond donors (Lipinski definition) is 1. The third kappa shape index (κ3) is 3.41. The van der Waals surface area contributed by atoms with Gasteiger partial charge in [-0.3, -0.25) is 14.2 Å². The Morgan fingerprint density at radius 2 is 2.08 bits per heavy atom. The van der Waals surface area contributed by atoms with Gasteiger partial charge in [0.1, 0.15) is 10.9 Å². The van der Waals surface area contributed by atoms with Gasteiger partial charge in [0.15, 0.2) is 0 Å². The molecule has 1 amide bonds. The molecule has 9 heteroatoms. The van der Waals surface area contributed by atoms with Crippen LogP contribution in [0.25, 0.3) is 16.6 Å². The molecule has 1 unspecified atom stereocenters. The topological polar surface area (TPSA) is 98.9 Å². The van der Waals surface area contributed by atoms with Crippen molar-refractivity contribution in [2.75, 3.05) is 0 Å². The van der Waals surface area contributed by atoms with Crippen LogP contribution in [0.15, 0.2) is 36.8 Å². The Labute approximate surface area is 145 Å². The molecule has 0 saturated carbocycles. The molecule has 1 atom stereocenters. The molecule has 0 aliphatic heterocycles. The van der Waals surface area contributed by atoms with Gasteiger partial charge in [0.2, 0.25) is 15.9 Å². The molecule has 0 bridgehead atoms. The smallest absolute Gasteiger partial charge is 0.241 e. The predicted octanol–water partition coefficient (Wildman–Crippen LogP) is 1.68. The van der Waals surface area contributed by atoms with Crippen LogP contribution in [0.1, 0.15) is 31.1 Å². The minimum atomic E-state index is -3.78. The molecule has 0 aliphatic rings. The Balaban J connectivity index is 1.94. The van der Waals surface area contributed by atoms with Crippen molar-refractivity contribution in [3.05, 3.63) is 42.4 Å². The highest BCUT2D eigenvalue weighted by molar-refractivity contribution is 7.90. The van der Waals surface area contributed by atoms with Gasteiger partial charge in [0, 0.05) is 25.1 Å². The zero-order chi connectivity index (χ0) is 18.2. The molecule has 0 saturated heterocycles. The van der Waals surface area contributed by atoms with E-state index in [2.05, 4.69) is 14.9 Å². The van der Waals surface area contributed by atoms with Crippen LogP contribution in [-0.4, -0.2) is 33.9 Å². The number of carbonyl (C=O) groups is 1. The molecule has 0 aliphatic carbocycles. The second-order valence-corrected chi connectivity index (χ2v) is 7.83. The number of aromatic nitrogens is 4. The summed E-state index contributed by atoms with van der Waals surface area (Å²) in [4.78, 5) is 11.4. The SMILES string of the molecule is CCC(=O)NS(=O)(=O)C(C)c1ccc2nn(-c3cnn(C)c3)cc2c1. The van der Waals surface area contributed by atoms with Gasteiger partial charge >= 0.3 is 0 Å². The van der Waals surface area contributed by atoms with Crippen molar-refractivity contribution in [3.63, 3.8) is 0 Å². The van der Waals surface area contributed by atoms with Crippen LogP contribution in [-0.2, 0) is 21.9 Å². The highest BCUT2D eigenvalue weighted by atomic mass is 32.2. The monoisotopic (exact) mass is 361 g/mol. The average molecular weight is 361 g/mol. The fraction of sp³-hybridized carbons (Fsp3) is 0.312. The highest BCUT2D eigenvalue weighted by Gasteiger charge is 2.24. The van der Waals surface area contributed by atoms with E-state index < -0.39 is 21.2 Å². The highest BCUT2D eigenvalue weighted by Crippen LogP contribution is 2.25.